The molecule has 0 aromatic heterocycles. The number of hydrogen-bond acceptors (Lipinski definition) is 4. The quantitative estimate of drug-likeness (QED) is 0.711. The summed E-state index contributed by atoms with van der Waals surface area (Å²) in [7, 11) is -4.42. The number of rotatable bonds is 2. The predicted octanol–water partition coefficient (Wildman–Crippen LogP) is 1.49. The molecular formula is C11H8O6S. The van der Waals surface area contributed by atoms with Crippen LogP contribution in [0.4, 0.5) is 0 Å². The molecule has 0 radical (unpaired) electrons. The third-order valence-electron chi connectivity index (χ3n) is 2.48. The highest BCUT2D eigenvalue weighted by atomic mass is 32.2. The maximum atomic E-state index is 11.0. The molecule has 3 N–H and O–H groups in total. The van der Waals surface area contributed by atoms with E-state index in [9.17, 15) is 18.3 Å². The molecule has 0 aliphatic heterocycles. The highest BCUT2D eigenvalue weighted by Gasteiger charge is 2.17. The molecule has 0 fully saturated rings. The van der Waals surface area contributed by atoms with Crippen LogP contribution in [0.3, 0.4) is 0 Å². The first-order valence-corrected chi connectivity index (χ1v) is 6.21. The van der Waals surface area contributed by atoms with Crippen LogP contribution >= 0.6 is 0 Å². The fraction of sp³-hybridized carbons (Fsp3) is 0. The average Bonchev–Trinajstić information content (AvgIpc) is 2.26. The molecule has 0 saturated heterocycles. The van der Waals surface area contributed by atoms with Crippen molar-refractivity contribution in [3.05, 3.63) is 35.9 Å². The molecule has 2 rings (SSSR count). The van der Waals surface area contributed by atoms with Crippen LogP contribution in [-0.2, 0) is 10.1 Å². The van der Waals surface area contributed by atoms with Crippen molar-refractivity contribution in [3.63, 3.8) is 0 Å². The van der Waals surface area contributed by atoms with Crippen LogP contribution in [0.1, 0.15) is 10.4 Å². The Kier molecular flexibility index (Phi) is 2.72. The van der Waals surface area contributed by atoms with Crippen molar-refractivity contribution in [3.8, 4) is 5.75 Å². The average molecular weight is 268 g/mol. The van der Waals surface area contributed by atoms with Gasteiger partial charge in [-0.15, -0.1) is 0 Å². The van der Waals surface area contributed by atoms with E-state index in [0.29, 0.717) is 5.39 Å². The molecule has 18 heavy (non-hydrogen) atoms. The first-order chi connectivity index (χ1) is 8.30. The van der Waals surface area contributed by atoms with Gasteiger partial charge in [-0.05, 0) is 23.6 Å². The van der Waals surface area contributed by atoms with Crippen LogP contribution < -0.4 is 0 Å². The molecule has 0 amide bonds. The van der Waals surface area contributed by atoms with Crippen molar-refractivity contribution in [2.75, 3.05) is 0 Å². The molecule has 0 bridgehead atoms. The van der Waals surface area contributed by atoms with Gasteiger partial charge < -0.3 is 10.2 Å². The van der Waals surface area contributed by atoms with Crippen molar-refractivity contribution >= 4 is 26.9 Å². The number of hydrogen-bond donors (Lipinski definition) is 3. The summed E-state index contributed by atoms with van der Waals surface area (Å²) in [5, 5.41) is 18.9. The fourth-order valence-electron chi connectivity index (χ4n) is 1.67. The first-order valence-electron chi connectivity index (χ1n) is 4.77. The van der Waals surface area contributed by atoms with E-state index in [4.69, 9.17) is 9.66 Å². The van der Waals surface area contributed by atoms with Gasteiger partial charge in [-0.25, -0.2) is 4.79 Å². The summed E-state index contributed by atoms with van der Waals surface area (Å²) in [6.45, 7) is 0. The van der Waals surface area contributed by atoms with E-state index in [1.165, 1.54) is 18.2 Å². The van der Waals surface area contributed by atoms with Gasteiger partial charge in [0.05, 0.1) is 4.90 Å². The lowest BCUT2D eigenvalue weighted by molar-refractivity contribution is 0.0696. The molecule has 0 unspecified atom stereocenters. The van der Waals surface area contributed by atoms with Gasteiger partial charge in [0.1, 0.15) is 11.3 Å². The number of benzene rings is 2. The van der Waals surface area contributed by atoms with Crippen molar-refractivity contribution in [2.24, 2.45) is 0 Å². The minimum atomic E-state index is -4.42. The Morgan fingerprint density at radius 1 is 1.11 bits per heavy atom. The smallest absolute Gasteiger partial charge is 0.340 e. The normalized spacial score (nSPS) is 11.6. The van der Waals surface area contributed by atoms with E-state index in [0.717, 1.165) is 12.1 Å². The van der Waals surface area contributed by atoms with Gasteiger partial charge in [0.25, 0.3) is 10.1 Å². The molecule has 0 spiro atoms. The van der Waals surface area contributed by atoms with Crippen molar-refractivity contribution < 1.29 is 28.0 Å². The van der Waals surface area contributed by atoms with Crippen LogP contribution in [-0.4, -0.2) is 29.2 Å². The molecule has 0 saturated carbocycles. The Morgan fingerprint density at radius 3 is 2.28 bits per heavy atom. The molecule has 0 heterocycles. The predicted molar refractivity (Wildman–Crippen MR) is 62.4 cm³/mol. The van der Waals surface area contributed by atoms with E-state index in [-0.39, 0.29) is 5.39 Å². The number of fused-ring (bicyclic) bond motifs is 1. The van der Waals surface area contributed by atoms with Crippen molar-refractivity contribution in [1.29, 1.82) is 0 Å². The third-order valence-corrected chi connectivity index (χ3v) is 3.33. The standard InChI is InChI=1S/C11H8O6S/c12-9-4-2-6-1-3-7(18(15,16)17)5-8(6)10(9)11(13)14/h1-5,12H,(H,13,14)(H,15,16,17). The number of carboxylic acids is 1. The molecule has 2 aromatic rings. The third kappa shape index (κ3) is 2.01. The van der Waals surface area contributed by atoms with Crippen molar-refractivity contribution in [1.82, 2.24) is 0 Å². The van der Waals surface area contributed by atoms with Gasteiger partial charge in [0.15, 0.2) is 0 Å². The van der Waals surface area contributed by atoms with Gasteiger partial charge in [-0.1, -0.05) is 12.1 Å². The lowest BCUT2D eigenvalue weighted by Crippen LogP contribution is -2.01. The molecule has 0 aliphatic rings. The monoisotopic (exact) mass is 268 g/mol. The second kappa shape index (κ2) is 3.97. The van der Waals surface area contributed by atoms with E-state index in [2.05, 4.69) is 0 Å². The summed E-state index contributed by atoms with van der Waals surface area (Å²) in [5.41, 5.74) is -0.405. The van der Waals surface area contributed by atoms with E-state index < -0.39 is 32.3 Å². The van der Waals surface area contributed by atoms with E-state index in [1.807, 2.05) is 0 Å². The molecule has 7 heteroatoms. The lowest BCUT2D eigenvalue weighted by atomic mass is 10.0. The summed E-state index contributed by atoms with van der Waals surface area (Å²) >= 11 is 0. The fourth-order valence-corrected chi connectivity index (χ4v) is 2.18. The summed E-state index contributed by atoms with van der Waals surface area (Å²) in [4.78, 5) is 10.6. The Hall–Kier alpha value is -2.12. The summed E-state index contributed by atoms with van der Waals surface area (Å²) in [6, 6.07) is 6.17. The largest absolute Gasteiger partial charge is 0.507 e. The highest BCUT2D eigenvalue weighted by Crippen LogP contribution is 2.29. The zero-order chi connectivity index (χ0) is 13.5. The Bertz CT molecular complexity index is 747. The van der Waals surface area contributed by atoms with E-state index >= 15 is 0 Å². The van der Waals surface area contributed by atoms with Gasteiger partial charge in [-0.2, -0.15) is 8.42 Å². The minimum Gasteiger partial charge on any atom is -0.507 e. The summed E-state index contributed by atoms with van der Waals surface area (Å²) < 4.78 is 30.9. The molecule has 0 aliphatic carbocycles. The number of aromatic carboxylic acids is 1. The number of aromatic hydroxyl groups is 1. The zero-order valence-corrected chi connectivity index (χ0v) is 9.68. The number of carbonyl (C=O) groups is 1. The maximum Gasteiger partial charge on any atom is 0.340 e. The van der Waals surface area contributed by atoms with Gasteiger partial charge in [-0.3, -0.25) is 4.55 Å². The molecule has 6 nitrogen and oxygen atoms in total. The number of phenols is 1. The van der Waals surface area contributed by atoms with E-state index in [1.54, 1.807) is 0 Å². The summed E-state index contributed by atoms with van der Waals surface area (Å²) in [6.07, 6.45) is 0. The van der Waals surface area contributed by atoms with Crippen LogP contribution in [0.25, 0.3) is 10.8 Å². The molecule has 0 atom stereocenters. The lowest BCUT2D eigenvalue weighted by Gasteiger charge is -2.06. The minimum absolute atomic E-state index is 0.0395. The van der Waals surface area contributed by atoms with Crippen LogP contribution in [0, 0.1) is 0 Å². The number of carboxylic acid groups (broad SMARTS) is 1. The van der Waals surface area contributed by atoms with Gasteiger partial charge in [0, 0.05) is 5.39 Å². The van der Waals surface area contributed by atoms with Crippen LogP contribution in [0.15, 0.2) is 35.2 Å². The van der Waals surface area contributed by atoms with Gasteiger partial charge in [0.2, 0.25) is 0 Å². The zero-order valence-electron chi connectivity index (χ0n) is 8.86. The highest BCUT2D eigenvalue weighted by molar-refractivity contribution is 7.85. The summed E-state index contributed by atoms with van der Waals surface area (Å²) in [5.74, 6) is -1.85. The Morgan fingerprint density at radius 2 is 1.72 bits per heavy atom. The second-order valence-electron chi connectivity index (χ2n) is 3.62. The van der Waals surface area contributed by atoms with Crippen LogP contribution in [0.5, 0.6) is 5.75 Å². The molecule has 94 valence electrons. The van der Waals surface area contributed by atoms with Crippen LogP contribution in [0.2, 0.25) is 0 Å². The maximum absolute atomic E-state index is 11.0. The Balaban J connectivity index is 2.90. The van der Waals surface area contributed by atoms with Crippen molar-refractivity contribution in [2.45, 2.75) is 4.90 Å². The molecular weight excluding hydrogens is 260 g/mol. The Labute approximate surface area is 102 Å². The topological polar surface area (TPSA) is 112 Å². The van der Waals surface area contributed by atoms with Gasteiger partial charge >= 0.3 is 5.97 Å². The first kappa shape index (κ1) is 12.3. The SMILES string of the molecule is O=C(O)c1c(O)ccc2ccc(S(=O)(=O)O)cc12. The second-order valence-corrected chi connectivity index (χ2v) is 5.04. The molecule has 2 aromatic carbocycles.